The number of ether oxygens (including phenoxy) is 20. The van der Waals surface area contributed by atoms with Crippen LogP contribution in [-0.2, 0) is 0 Å². The molecule has 0 bridgehead atoms. The highest BCUT2D eigenvalue weighted by Crippen LogP contribution is 2.55. The molecule has 0 aromatic heterocycles. The van der Waals surface area contributed by atoms with Gasteiger partial charge >= 0.3 is 0 Å². The van der Waals surface area contributed by atoms with Crippen LogP contribution in [0.5, 0.6) is 115 Å². The van der Waals surface area contributed by atoms with Crippen molar-refractivity contribution in [2.24, 2.45) is 0 Å². The molecule has 20 rings (SSSR count). The summed E-state index contributed by atoms with van der Waals surface area (Å²) in [5.41, 5.74) is 9.38. The first-order valence-corrected chi connectivity index (χ1v) is 45.0. The van der Waals surface area contributed by atoms with Crippen molar-refractivity contribution in [3.63, 3.8) is 0 Å². The molecular weight excluding hydrogens is 1760 g/mol. The molecule has 20 heteroatoms. The van der Waals surface area contributed by atoms with Crippen LogP contribution in [-0.4, -0.2) is 142 Å². The van der Waals surface area contributed by atoms with Crippen molar-refractivity contribution in [2.75, 3.05) is 142 Å². The number of hydrogen-bond acceptors (Lipinski definition) is 20. The molecule has 0 aliphatic rings. The molecule has 0 amide bonds. The minimum Gasteiger partial charge on any atom is -0.497 e. The third-order valence-electron chi connectivity index (χ3n) is 25.3. The summed E-state index contributed by atoms with van der Waals surface area (Å²) in [6, 6.07) is 101. The first-order chi connectivity index (χ1) is 68.6. The quantitative estimate of drug-likeness (QED) is 0.0526. The van der Waals surface area contributed by atoms with Gasteiger partial charge in [-0.05, 0) is 166 Å². The maximum atomic E-state index is 5.88. The van der Waals surface area contributed by atoms with Crippen LogP contribution in [0.3, 0.4) is 0 Å². The number of benzene rings is 20. The van der Waals surface area contributed by atoms with Crippen LogP contribution in [0.4, 0.5) is 0 Å². The maximum Gasteiger partial charge on any atom is 0.134 e. The lowest BCUT2D eigenvalue weighted by Crippen LogP contribution is -1.96. The van der Waals surface area contributed by atoms with Gasteiger partial charge in [0.2, 0.25) is 0 Å². The van der Waals surface area contributed by atoms with E-state index in [2.05, 4.69) is 12.1 Å². The van der Waals surface area contributed by atoms with Gasteiger partial charge in [-0.2, -0.15) is 0 Å². The minimum absolute atomic E-state index is 0.761. The molecule has 0 N–H and O–H groups in total. The average molecular weight is 1870 g/mol. The summed E-state index contributed by atoms with van der Waals surface area (Å²) in [5, 5.41) is 20.2. The number of fused-ring (bicyclic) bond motifs is 10. The summed E-state index contributed by atoms with van der Waals surface area (Å²) in [6.07, 6.45) is 0. The molecule has 0 unspecified atom stereocenters. The van der Waals surface area contributed by atoms with Crippen LogP contribution in [0, 0.1) is 0 Å². The van der Waals surface area contributed by atoms with E-state index >= 15 is 0 Å². The van der Waals surface area contributed by atoms with Crippen LogP contribution in [0.1, 0.15) is 0 Å². The Hall–Kier alpha value is -17.0. The summed E-state index contributed by atoms with van der Waals surface area (Å²) in [7, 11) is 33.6. The lowest BCUT2D eigenvalue weighted by molar-refractivity contribution is 0.408. The Morgan fingerprint density at radius 3 is 0.829 bits per heavy atom. The molecule has 0 aliphatic carbocycles. The fourth-order valence-electron chi connectivity index (χ4n) is 18.8. The summed E-state index contributed by atoms with van der Waals surface area (Å²) in [4.78, 5) is 0. The molecule has 0 spiro atoms. The van der Waals surface area contributed by atoms with E-state index in [0.29, 0.717) is 0 Å². The van der Waals surface area contributed by atoms with Crippen LogP contribution in [0.25, 0.3) is 163 Å². The van der Waals surface area contributed by atoms with Crippen molar-refractivity contribution in [2.45, 2.75) is 0 Å². The first-order valence-electron chi connectivity index (χ1n) is 45.0. The van der Waals surface area contributed by atoms with Gasteiger partial charge in [0.15, 0.2) is 0 Å². The van der Waals surface area contributed by atoms with Gasteiger partial charge in [-0.15, -0.1) is 0 Å². The van der Waals surface area contributed by atoms with Gasteiger partial charge < -0.3 is 94.7 Å². The summed E-state index contributed by atoms with van der Waals surface area (Å²) < 4.78 is 114. The Morgan fingerprint density at radius 2 is 0.407 bits per heavy atom. The van der Waals surface area contributed by atoms with Crippen LogP contribution >= 0.6 is 0 Å². The molecule has 0 aliphatic heterocycles. The highest BCUT2D eigenvalue weighted by Gasteiger charge is 2.28. The summed E-state index contributed by atoms with van der Waals surface area (Å²) in [6.45, 7) is 0. The van der Waals surface area contributed by atoms with Crippen molar-refractivity contribution < 1.29 is 94.7 Å². The molecule has 20 aromatic carbocycles. The zero-order valence-electron chi connectivity index (χ0n) is 82.0. The summed E-state index contributed by atoms with van der Waals surface area (Å²) in [5.74, 6) is 15.8. The van der Waals surface area contributed by atoms with Crippen molar-refractivity contribution in [1.29, 1.82) is 0 Å². The normalized spacial score (nSPS) is 10.9. The van der Waals surface area contributed by atoms with Gasteiger partial charge in [-0.3, -0.25) is 0 Å². The predicted molar refractivity (Wildman–Crippen MR) is 565 cm³/mol. The van der Waals surface area contributed by atoms with E-state index in [1.54, 1.807) is 142 Å². The topological polar surface area (TPSA) is 185 Å². The highest BCUT2D eigenvalue weighted by molar-refractivity contribution is 6.12. The smallest absolute Gasteiger partial charge is 0.134 e. The zero-order valence-corrected chi connectivity index (χ0v) is 82.0. The molecule has 0 saturated heterocycles. The third kappa shape index (κ3) is 18.2. The van der Waals surface area contributed by atoms with E-state index in [4.69, 9.17) is 94.7 Å². The second-order valence-electron chi connectivity index (χ2n) is 32.2. The Morgan fingerprint density at radius 1 is 0.121 bits per heavy atom. The SMILES string of the molecule is COc1cc(-c2ccc(OC)c3cccc(OC)c23)c(OC)c2ccccc12.COc1ccc2c(OC)c(-c3cc(OC)c4ccccc4c3OC)ccc2c1.COc1ccc2cc(-c3cc(OC)c4ccccc4c3OC)c(OC)cc2c1.COc1ccc2ccc(OC)c(-c3cc(OC)c4ccccc4c3OC)c2c1.COc1cccc2c(OC)c(-c3cc(OC)c4ccccc4c3OC)ccc12. The van der Waals surface area contributed by atoms with E-state index in [-0.39, 0.29) is 0 Å². The Labute approximate surface area is 813 Å². The van der Waals surface area contributed by atoms with Gasteiger partial charge in [-0.25, -0.2) is 0 Å². The standard InChI is InChI=1S/5C24H22O4/c1-25-20-13-12-16(23-18(20)10-7-11-21(23)26-2)19-14-22(27-3)15-8-5-6-9-17(15)24(19)28-4;1-25-21-11-7-10-18-16(21)12-13-19(23(18)27-3)20-14-22(26-2)15-8-5-6-9-17(15)24(20)28-4;1-25-16-10-12-17-15(13-16)9-11-20(23(17)27-3)21-14-22(26-2)18-7-5-6-8-19(18)24(21)28-4;1-25-16-11-9-15-10-12-21(26-2)23(19(15)13-16)20-14-22(27-3)17-7-5-6-8-18(17)24(20)28-4;1-25-17-10-9-15-12-20(22(26-2)13-16(15)11-17)21-14-23(27-3)18-7-5-6-8-19(18)24(21)28-4/h5*5-14H,1-4H3. The molecular formula is C120H110O20. The molecule has 0 heterocycles. The van der Waals surface area contributed by atoms with Gasteiger partial charge in [0.25, 0.3) is 0 Å². The van der Waals surface area contributed by atoms with Crippen molar-refractivity contribution in [3.05, 3.63) is 303 Å². The first kappa shape index (κ1) is 96.1. The maximum absolute atomic E-state index is 5.88. The van der Waals surface area contributed by atoms with Crippen LogP contribution in [0.2, 0.25) is 0 Å². The largest absolute Gasteiger partial charge is 0.497 e. The third-order valence-corrected chi connectivity index (χ3v) is 25.3. The van der Waals surface area contributed by atoms with Gasteiger partial charge in [0.1, 0.15) is 115 Å². The number of rotatable bonds is 25. The van der Waals surface area contributed by atoms with Crippen LogP contribution < -0.4 is 94.7 Å². The van der Waals surface area contributed by atoms with Crippen molar-refractivity contribution in [3.8, 4) is 171 Å². The fraction of sp³-hybridized carbons (Fsp3) is 0.167. The molecule has 0 atom stereocenters. The van der Waals surface area contributed by atoms with Gasteiger partial charge in [-0.1, -0.05) is 170 Å². The molecule has 20 aromatic rings. The lowest BCUT2D eigenvalue weighted by Gasteiger charge is -2.19. The second kappa shape index (κ2) is 43.3. The monoisotopic (exact) mass is 1870 g/mol. The van der Waals surface area contributed by atoms with E-state index in [1.807, 2.05) is 291 Å². The van der Waals surface area contributed by atoms with E-state index in [1.165, 1.54) is 0 Å². The highest BCUT2D eigenvalue weighted by atomic mass is 16.5. The van der Waals surface area contributed by atoms with E-state index in [9.17, 15) is 0 Å². The molecule has 20 nitrogen and oxygen atoms in total. The summed E-state index contributed by atoms with van der Waals surface area (Å²) >= 11 is 0. The van der Waals surface area contributed by atoms with Crippen molar-refractivity contribution in [1.82, 2.24) is 0 Å². The Bertz CT molecular complexity index is 7860. The van der Waals surface area contributed by atoms with Gasteiger partial charge in [0.05, 0.1) is 142 Å². The molecule has 140 heavy (non-hydrogen) atoms. The average Bonchev–Trinajstić information content (AvgIpc) is 0.749. The molecule has 710 valence electrons. The molecule has 0 radical (unpaired) electrons. The van der Waals surface area contributed by atoms with Crippen molar-refractivity contribution >= 4 is 108 Å². The van der Waals surface area contributed by atoms with Gasteiger partial charge in [0, 0.05) is 131 Å². The zero-order chi connectivity index (χ0) is 98.4. The number of methoxy groups -OCH3 is 20. The Kier molecular flexibility index (Phi) is 29.8. The minimum atomic E-state index is 0.761. The van der Waals surface area contributed by atoms with Crippen LogP contribution in [0.15, 0.2) is 303 Å². The molecule has 0 saturated carbocycles. The predicted octanol–water partition coefficient (Wildman–Crippen LogP) is 28.5. The fourth-order valence-corrected chi connectivity index (χ4v) is 18.8. The van der Waals surface area contributed by atoms with E-state index in [0.717, 1.165) is 278 Å². The Balaban J connectivity index is 0.000000126. The van der Waals surface area contributed by atoms with E-state index < -0.39 is 0 Å². The second-order valence-corrected chi connectivity index (χ2v) is 32.2. The number of hydrogen-bond donors (Lipinski definition) is 0. The molecule has 0 fully saturated rings. The lowest BCUT2D eigenvalue weighted by atomic mass is 9.93.